The molecule has 1 heterocycles. The minimum Gasteiger partial charge on any atom is -0.382 e. The van der Waals surface area contributed by atoms with E-state index in [1.165, 1.54) is 12.0 Å². The molecule has 2 rings (SSSR count). The molecular formula is C21H36IN3O2. The standard InChI is InChI=1S/C21H35N3O2.HI/c1-3-22-21(23-13-8-9-15-25-4-2)24-14-12-20(16-24)18-26-17-19-10-6-5-7-11-19;/h5-7,10-11,20H,3-4,8-9,12-18H2,1-2H3,(H,22,23);1H. The van der Waals surface area contributed by atoms with E-state index in [0.29, 0.717) is 12.5 Å². The van der Waals surface area contributed by atoms with Crippen molar-refractivity contribution in [1.82, 2.24) is 10.2 Å². The van der Waals surface area contributed by atoms with Gasteiger partial charge in [-0.3, -0.25) is 4.99 Å². The fourth-order valence-electron chi connectivity index (χ4n) is 3.15. The molecule has 0 aromatic heterocycles. The molecule has 1 aliphatic heterocycles. The lowest BCUT2D eigenvalue weighted by atomic mass is 10.1. The van der Waals surface area contributed by atoms with Crippen LogP contribution in [-0.4, -0.2) is 56.9 Å². The van der Waals surface area contributed by atoms with E-state index in [1.54, 1.807) is 0 Å². The second kappa shape index (κ2) is 15.1. The zero-order chi connectivity index (χ0) is 18.5. The number of unbranched alkanes of at least 4 members (excludes halogenated alkanes) is 1. The van der Waals surface area contributed by atoms with Gasteiger partial charge in [-0.25, -0.2) is 0 Å². The van der Waals surface area contributed by atoms with Crippen molar-refractivity contribution in [3.63, 3.8) is 0 Å². The Morgan fingerprint density at radius 2 is 2.00 bits per heavy atom. The number of likely N-dealkylation sites (tertiary alicyclic amines) is 1. The largest absolute Gasteiger partial charge is 0.382 e. The summed E-state index contributed by atoms with van der Waals surface area (Å²) in [5.41, 5.74) is 1.24. The maximum atomic E-state index is 5.93. The van der Waals surface area contributed by atoms with E-state index in [9.17, 15) is 0 Å². The number of guanidine groups is 1. The lowest BCUT2D eigenvalue weighted by molar-refractivity contribution is 0.0906. The van der Waals surface area contributed by atoms with E-state index >= 15 is 0 Å². The highest BCUT2D eigenvalue weighted by molar-refractivity contribution is 14.0. The molecule has 1 atom stereocenters. The number of halogens is 1. The van der Waals surface area contributed by atoms with Crippen molar-refractivity contribution in [3.8, 4) is 0 Å². The fourth-order valence-corrected chi connectivity index (χ4v) is 3.15. The van der Waals surface area contributed by atoms with Gasteiger partial charge in [-0.15, -0.1) is 24.0 Å². The average molecular weight is 489 g/mol. The molecule has 0 aliphatic carbocycles. The summed E-state index contributed by atoms with van der Waals surface area (Å²) < 4.78 is 11.3. The van der Waals surface area contributed by atoms with Crippen molar-refractivity contribution in [2.24, 2.45) is 10.9 Å². The van der Waals surface area contributed by atoms with E-state index in [0.717, 1.165) is 64.8 Å². The van der Waals surface area contributed by atoms with Crippen LogP contribution in [0.2, 0.25) is 0 Å². The van der Waals surface area contributed by atoms with Gasteiger partial charge in [0.1, 0.15) is 0 Å². The number of ether oxygens (including phenoxy) is 2. The summed E-state index contributed by atoms with van der Waals surface area (Å²) in [5.74, 6) is 1.63. The molecule has 0 amide bonds. The molecule has 1 aromatic carbocycles. The third-order valence-electron chi connectivity index (χ3n) is 4.55. The molecule has 1 aliphatic rings. The zero-order valence-corrected chi connectivity index (χ0v) is 19.2. The van der Waals surface area contributed by atoms with Crippen molar-refractivity contribution < 1.29 is 9.47 Å². The van der Waals surface area contributed by atoms with Gasteiger partial charge in [-0.1, -0.05) is 30.3 Å². The van der Waals surface area contributed by atoms with Gasteiger partial charge in [0, 0.05) is 45.3 Å². The smallest absolute Gasteiger partial charge is 0.193 e. The molecule has 5 nitrogen and oxygen atoms in total. The van der Waals surface area contributed by atoms with Crippen LogP contribution in [0.15, 0.2) is 35.3 Å². The third-order valence-corrected chi connectivity index (χ3v) is 4.55. The molecule has 0 radical (unpaired) electrons. The molecule has 0 saturated carbocycles. The normalized spacial score (nSPS) is 17.0. The maximum Gasteiger partial charge on any atom is 0.193 e. The summed E-state index contributed by atoms with van der Waals surface area (Å²) in [5, 5.41) is 3.43. The Kier molecular flexibility index (Phi) is 13.5. The van der Waals surface area contributed by atoms with Gasteiger partial charge in [-0.05, 0) is 38.7 Å². The lowest BCUT2D eigenvalue weighted by Crippen LogP contribution is -2.40. The van der Waals surface area contributed by atoms with Gasteiger partial charge < -0.3 is 19.7 Å². The van der Waals surface area contributed by atoms with Crippen LogP contribution < -0.4 is 5.32 Å². The summed E-state index contributed by atoms with van der Waals surface area (Å²) >= 11 is 0. The van der Waals surface area contributed by atoms with Crippen molar-refractivity contribution in [3.05, 3.63) is 35.9 Å². The molecule has 154 valence electrons. The van der Waals surface area contributed by atoms with E-state index in [4.69, 9.17) is 14.5 Å². The maximum absolute atomic E-state index is 5.93. The minimum atomic E-state index is 0. The number of hydrogen-bond acceptors (Lipinski definition) is 3. The van der Waals surface area contributed by atoms with Crippen LogP contribution in [0.3, 0.4) is 0 Å². The molecule has 1 N–H and O–H groups in total. The Hall–Kier alpha value is -0.860. The number of benzene rings is 1. The third kappa shape index (κ3) is 9.76. The zero-order valence-electron chi connectivity index (χ0n) is 16.9. The van der Waals surface area contributed by atoms with Gasteiger partial charge in [-0.2, -0.15) is 0 Å². The Balaban J connectivity index is 0.00000364. The molecule has 1 aromatic rings. The highest BCUT2D eigenvalue weighted by atomic mass is 127. The van der Waals surface area contributed by atoms with Crippen LogP contribution in [0.25, 0.3) is 0 Å². The molecule has 1 fully saturated rings. The second-order valence-electron chi connectivity index (χ2n) is 6.74. The molecule has 0 bridgehead atoms. The first-order valence-corrected chi connectivity index (χ1v) is 10.1. The highest BCUT2D eigenvalue weighted by Crippen LogP contribution is 2.17. The minimum absolute atomic E-state index is 0. The van der Waals surface area contributed by atoms with E-state index in [-0.39, 0.29) is 24.0 Å². The van der Waals surface area contributed by atoms with Crippen molar-refractivity contribution >= 4 is 29.9 Å². The van der Waals surface area contributed by atoms with E-state index in [2.05, 4.69) is 41.4 Å². The molecule has 0 spiro atoms. The molecule has 1 saturated heterocycles. The molecule has 6 heteroatoms. The number of aliphatic imine (C=N–C) groups is 1. The lowest BCUT2D eigenvalue weighted by Gasteiger charge is -2.21. The fraction of sp³-hybridized carbons (Fsp3) is 0.667. The summed E-state index contributed by atoms with van der Waals surface area (Å²) in [7, 11) is 0. The van der Waals surface area contributed by atoms with Crippen LogP contribution in [0.4, 0.5) is 0 Å². The molecular weight excluding hydrogens is 453 g/mol. The summed E-state index contributed by atoms with van der Waals surface area (Å²) in [6, 6.07) is 10.4. The topological polar surface area (TPSA) is 46.1 Å². The second-order valence-corrected chi connectivity index (χ2v) is 6.74. The van der Waals surface area contributed by atoms with E-state index in [1.807, 2.05) is 13.0 Å². The monoisotopic (exact) mass is 489 g/mol. The van der Waals surface area contributed by atoms with Crippen LogP contribution in [0.5, 0.6) is 0 Å². The Bertz CT molecular complexity index is 513. The van der Waals surface area contributed by atoms with Crippen molar-refractivity contribution in [2.45, 2.75) is 39.7 Å². The summed E-state index contributed by atoms with van der Waals surface area (Å²) in [6.07, 6.45) is 3.32. The summed E-state index contributed by atoms with van der Waals surface area (Å²) in [6.45, 7) is 11.2. The Labute approximate surface area is 181 Å². The Morgan fingerprint density at radius 1 is 1.19 bits per heavy atom. The van der Waals surface area contributed by atoms with Crippen molar-refractivity contribution in [1.29, 1.82) is 0 Å². The van der Waals surface area contributed by atoms with Gasteiger partial charge in [0.2, 0.25) is 0 Å². The highest BCUT2D eigenvalue weighted by Gasteiger charge is 2.24. The first-order chi connectivity index (χ1) is 12.8. The number of nitrogens with one attached hydrogen (secondary N) is 1. The molecule has 27 heavy (non-hydrogen) atoms. The summed E-state index contributed by atoms with van der Waals surface area (Å²) in [4.78, 5) is 7.17. The predicted molar refractivity (Wildman–Crippen MR) is 123 cm³/mol. The van der Waals surface area contributed by atoms with Gasteiger partial charge in [0.25, 0.3) is 0 Å². The Morgan fingerprint density at radius 3 is 2.74 bits per heavy atom. The molecule has 1 unspecified atom stereocenters. The van der Waals surface area contributed by atoms with E-state index < -0.39 is 0 Å². The van der Waals surface area contributed by atoms with Gasteiger partial charge in [0.15, 0.2) is 5.96 Å². The van der Waals surface area contributed by atoms with Crippen molar-refractivity contribution in [2.75, 3.05) is 46.0 Å². The van der Waals surface area contributed by atoms with Crippen LogP contribution in [-0.2, 0) is 16.1 Å². The number of rotatable bonds is 11. The van der Waals surface area contributed by atoms with Crippen LogP contribution in [0, 0.1) is 5.92 Å². The average Bonchev–Trinajstić information content (AvgIpc) is 3.13. The first kappa shape index (κ1) is 24.2. The van der Waals surface area contributed by atoms with Gasteiger partial charge in [0.05, 0.1) is 13.2 Å². The quantitative estimate of drug-likeness (QED) is 0.222. The first-order valence-electron chi connectivity index (χ1n) is 10.1. The van der Waals surface area contributed by atoms with Gasteiger partial charge >= 0.3 is 0 Å². The SMILES string of the molecule is CCNC(=NCCCCOCC)N1CCC(COCc2ccccc2)C1.I. The van der Waals surface area contributed by atoms with Crippen LogP contribution >= 0.6 is 24.0 Å². The van der Waals surface area contributed by atoms with Crippen LogP contribution in [0.1, 0.15) is 38.7 Å². The predicted octanol–water partition coefficient (Wildman–Crippen LogP) is 3.93. The number of nitrogens with zero attached hydrogens (tertiary/aromatic N) is 2. The number of hydrogen-bond donors (Lipinski definition) is 1.